The second-order valence-electron chi connectivity index (χ2n) is 4.48. The highest BCUT2D eigenvalue weighted by Gasteiger charge is 2.32. The number of aromatic nitrogens is 1. The number of hydrogen-bond donors (Lipinski definition) is 2. The minimum atomic E-state index is -3.78. The summed E-state index contributed by atoms with van der Waals surface area (Å²) in [5.74, 6) is -1.62. The Hall–Kier alpha value is -1.19. The first-order valence-electron chi connectivity index (χ1n) is 6.01. The van der Waals surface area contributed by atoms with E-state index in [0.717, 1.165) is 4.31 Å². The number of piperidine rings is 1. The molecule has 0 aromatic carbocycles. The van der Waals surface area contributed by atoms with Gasteiger partial charge in [-0.1, -0.05) is 0 Å². The number of carboxylic acids is 1. The minimum absolute atomic E-state index is 0.0114. The van der Waals surface area contributed by atoms with Gasteiger partial charge in [0.1, 0.15) is 4.60 Å². The summed E-state index contributed by atoms with van der Waals surface area (Å²) in [6.45, 7) is 0.305. The van der Waals surface area contributed by atoms with Gasteiger partial charge in [-0.2, -0.15) is 12.7 Å². The number of rotatable bonds is 4. The average molecular weight is 364 g/mol. The van der Waals surface area contributed by atoms with Crippen LogP contribution >= 0.6 is 15.9 Å². The van der Waals surface area contributed by atoms with Gasteiger partial charge in [0.05, 0.1) is 11.6 Å². The number of anilines is 1. The Bertz CT molecular complexity index is 607. The van der Waals surface area contributed by atoms with Crippen LogP contribution in [0.2, 0.25) is 0 Å². The topological polar surface area (TPSA) is 99.6 Å². The standard InChI is InChI=1S/C11H14BrN3O4S/c12-10-9(4-1-5-13-10)14-20(18,19)15-6-2-3-8(7-15)11(16)17/h1,4-5,8,14H,2-3,6-7H2,(H,16,17). The second kappa shape index (κ2) is 6.06. The highest BCUT2D eigenvalue weighted by atomic mass is 79.9. The number of pyridine rings is 1. The van der Waals surface area contributed by atoms with Crippen LogP contribution in [0.15, 0.2) is 22.9 Å². The molecule has 1 aromatic heterocycles. The minimum Gasteiger partial charge on any atom is -0.481 e. The molecule has 0 bridgehead atoms. The van der Waals surface area contributed by atoms with Crippen LogP contribution in [0, 0.1) is 5.92 Å². The summed E-state index contributed by atoms with van der Waals surface area (Å²) in [5.41, 5.74) is 0.324. The molecule has 0 aliphatic carbocycles. The van der Waals surface area contributed by atoms with Gasteiger partial charge in [-0.15, -0.1) is 0 Å². The molecule has 1 saturated heterocycles. The first kappa shape index (κ1) is 15.2. The highest BCUT2D eigenvalue weighted by Crippen LogP contribution is 2.24. The summed E-state index contributed by atoms with van der Waals surface area (Å²) in [4.78, 5) is 14.9. The summed E-state index contributed by atoms with van der Waals surface area (Å²) < 4.78 is 28.5. The van der Waals surface area contributed by atoms with Crippen molar-refractivity contribution < 1.29 is 18.3 Å². The van der Waals surface area contributed by atoms with E-state index >= 15 is 0 Å². The molecule has 2 N–H and O–H groups in total. The fraction of sp³-hybridized carbons (Fsp3) is 0.455. The monoisotopic (exact) mass is 363 g/mol. The molecule has 1 fully saturated rings. The van der Waals surface area contributed by atoms with Gasteiger partial charge in [-0.25, -0.2) is 4.98 Å². The van der Waals surface area contributed by atoms with Crippen LogP contribution in [-0.2, 0) is 15.0 Å². The predicted molar refractivity (Wildman–Crippen MR) is 76.4 cm³/mol. The SMILES string of the molecule is O=C(O)C1CCCN(S(=O)(=O)Nc2cccnc2Br)C1. The Morgan fingerprint density at radius 3 is 2.95 bits per heavy atom. The maximum Gasteiger partial charge on any atom is 0.307 e. The summed E-state index contributed by atoms with van der Waals surface area (Å²) in [6, 6.07) is 3.19. The molecule has 0 saturated carbocycles. The van der Waals surface area contributed by atoms with Crippen LogP contribution in [0.4, 0.5) is 5.69 Å². The lowest BCUT2D eigenvalue weighted by molar-refractivity contribution is -0.142. The number of carbonyl (C=O) groups is 1. The number of aliphatic carboxylic acids is 1. The van der Waals surface area contributed by atoms with E-state index in [1.807, 2.05) is 0 Å². The normalized spacial score (nSPS) is 20.6. The molecule has 7 nitrogen and oxygen atoms in total. The van der Waals surface area contributed by atoms with E-state index in [2.05, 4.69) is 25.6 Å². The van der Waals surface area contributed by atoms with E-state index in [9.17, 15) is 13.2 Å². The fourth-order valence-corrected chi connectivity index (χ4v) is 3.83. The van der Waals surface area contributed by atoms with Crippen molar-refractivity contribution in [3.63, 3.8) is 0 Å². The number of carboxylic acid groups (broad SMARTS) is 1. The molecule has 1 atom stereocenters. The first-order valence-corrected chi connectivity index (χ1v) is 8.24. The van der Waals surface area contributed by atoms with Crippen LogP contribution in [-0.4, -0.2) is 41.9 Å². The van der Waals surface area contributed by atoms with E-state index in [0.29, 0.717) is 29.7 Å². The molecule has 2 heterocycles. The molecule has 0 amide bonds. The van der Waals surface area contributed by atoms with E-state index in [4.69, 9.17) is 5.11 Å². The molecule has 20 heavy (non-hydrogen) atoms. The Morgan fingerprint density at radius 1 is 1.55 bits per heavy atom. The Balaban J connectivity index is 2.14. The van der Waals surface area contributed by atoms with Crippen LogP contribution < -0.4 is 4.72 Å². The molecular formula is C11H14BrN3O4S. The molecule has 1 unspecified atom stereocenters. The molecule has 110 valence electrons. The molecule has 0 radical (unpaired) electrons. The maximum atomic E-state index is 12.2. The zero-order chi connectivity index (χ0) is 14.8. The molecule has 1 aliphatic heterocycles. The van der Waals surface area contributed by atoms with Crippen LogP contribution in [0.25, 0.3) is 0 Å². The quantitative estimate of drug-likeness (QED) is 0.785. The Morgan fingerprint density at radius 2 is 2.30 bits per heavy atom. The van der Waals surface area contributed by atoms with Gasteiger partial charge in [0, 0.05) is 19.3 Å². The van der Waals surface area contributed by atoms with E-state index in [1.165, 1.54) is 6.20 Å². The summed E-state index contributed by atoms with van der Waals surface area (Å²) in [5, 5.41) is 9.00. The van der Waals surface area contributed by atoms with E-state index < -0.39 is 22.1 Å². The van der Waals surface area contributed by atoms with Crippen molar-refractivity contribution in [1.82, 2.24) is 9.29 Å². The van der Waals surface area contributed by atoms with Gasteiger partial charge in [0.25, 0.3) is 0 Å². The lowest BCUT2D eigenvalue weighted by Gasteiger charge is -2.29. The van der Waals surface area contributed by atoms with Gasteiger partial charge in [-0.3, -0.25) is 9.52 Å². The number of nitrogens with one attached hydrogen (secondary N) is 1. The maximum absolute atomic E-state index is 12.2. The summed E-state index contributed by atoms with van der Waals surface area (Å²) in [7, 11) is -3.78. The van der Waals surface area contributed by atoms with Gasteiger partial charge in [0.2, 0.25) is 0 Å². The Labute approximate surface area is 125 Å². The third-order valence-corrected chi connectivity index (χ3v) is 5.19. The van der Waals surface area contributed by atoms with Crippen LogP contribution in [0.3, 0.4) is 0 Å². The van der Waals surface area contributed by atoms with Crippen molar-refractivity contribution in [1.29, 1.82) is 0 Å². The van der Waals surface area contributed by atoms with Crippen molar-refractivity contribution >= 4 is 37.8 Å². The number of halogens is 1. The lowest BCUT2D eigenvalue weighted by atomic mass is 10.0. The molecule has 0 spiro atoms. The highest BCUT2D eigenvalue weighted by molar-refractivity contribution is 9.10. The van der Waals surface area contributed by atoms with E-state index in [-0.39, 0.29) is 6.54 Å². The summed E-state index contributed by atoms with van der Waals surface area (Å²) >= 11 is 3.16. The number of nitrogens with zero attached hydrogens (tertiary/aromatic N) is 2. The summed E-state index contributed by atoms with van der Waals surface area (Å²) in [6.07, 6.45) is 2.56. The zero-order valence-corrected chi connectivity index (χ0v) is 12.9. The third-order valence-electron chi connectivity index (χ3n) is 3.07. The smallest absolute Gasteiger partial charge is 0.307 e. The third kappa shape index (κ3) is 3.47. The molecule has 2 rings (SSSR count). The fourth-order valence-electron chi connectivity index (χ4n) is 2.03. The first-order chi connectivity index (χ1) is 9.40. The lowest BCUT2D eigenvalue weighted by Crippen LogP contribution is -2.44. The molecule has 1 aromatic rings. The van der Waals surface area contributed by atoms with Crippen molar-refractivity contribution in [2.75, 3.05) is 17.8 Å². The molecule has 9 heteroatoms. The van der Waals surface area contributed by atoms with Gasteiger partial charge < -0.3 is 5.11 Å². The largest absolute Gasteiger partial charge is 0.481 e. The van der Waals surface area contributed by atoms with Crippen molar-refractivity contribution in [2.45, 2.75) is 12.8 Å². The van der Waals surface area contributed by atoms with Crippen molar-refractivity contribution in [3.8, 4) is 0 Å². The molecule has 1 aliphatic rings. The average Bonchev–Trinajstić information content (AvgIpc) is 2.41. The van der Waals surface area contributed by atoms with Crippen molar-refractivity contribution in [2.24, 2.45) is 5.92 Å². The predicted octanol–water partition coefficient (Wildman–Crippen LogP) is 1.30. The molecular weight excluding hydrogens is 350 g/mol. The van der Waals surface area contributed by atoms with Crippen LogP contribution in [0.1, 0.15) is 12.8 Å². The van der Waals surface area contributed by atoms with Crippen LogP contribution in [0.5, 0.6) is 0 Å². The second-order valence-corrected chi connectivity index (χ2v) is 6.91. The zero-order valence-electron chi connectivity index (χ0n) is 10.5. The Kier molecular flexibility index (Phi) is 4.61. The van der Waals surface area contributed by atoms with Gasteiger partial charge in [0.15, 0.2) is 0 Å². The van der Waals surface area contributed by atoms with Crippen molar-refractivity contribution in [3.05, 3.63) is 22.9 Å². The van der Waals surface area contributed by atoms with Gasteiger partial charge in [-0.05, 0) is 40.9 Å². The van der Waals surface area contributed by atoms with E-state index in [1.54, 1.807) is 12.1 Å². The number of hydrogen-bond acceptors (Lipinski definition) is 4. The van der Waals surface area contributed by atoms with Gasteiger partial charge >= 0.3 is 16.2 Å².